The van der Waals surface area contributed by atoms with E-state index in [-0.39, 0.29) is 0 Å². The number of hydrogen-bond acceptors (Lipinski definition) is 5. The smallest absolute Gasteiger partial charge is 0.412 e. The lowest BCUT2D eigenvalue weighted by molar-refractivity contribution is 0.187. The first-order valence-corrected chi connectivity index (χ1v) is 6.72. The lowest BCUT2D eigenvalue weighted by atomic mass is 10.1. The lowest BCUT2D eigenvalue weighted by Gasteiger charge is -2.06. The second-order valence-electron chi connectivity index (χ2n) is 4.23. The summed E-state index contributed by atoms with van der Waals surface area (Å²) >= 11 is 5.92. The molecule has 0 aliphatic carbocycles. The largest absolute Gasteiger partial charge is 0.453 e. The van der Waals surface area contributed by atoms with Gasteiger partial charge in [0.1, 0.15) is 5.82 Å². The number of carbonyl (C=O) groups is 1. The van der Waals surface area contributed by atoms with Crippen molar-refractivity contribution in [2.75, 3.05) is 24.3 Å². The zero-order chi connectivity index (χ0) is 15.1. The molecule has 7 heteroatoms. The Balaban J connectivity index is 1.82. The number of benzene rings is 1. The number of ether oxygens (including phenoxy) is 1. The second kappa shape index (κ2) is 7.44. The molecular weight excluding hydrogens is 292 g/mol. The Morgan fingerprint density at radius 2 is 2.00 bits per heavy atom. The molecule has 0 saturated carbocycles. The van der Waals surface area contributed by atoms with Crippen LogP contribution in [0.2, 0.25) is 5.02 Å². The normalized spacial score (nSPS) is 10.0. The Kier molecular flexibility index (Phi) is 5.34. The van der Waals surface area contributed by atoms with Crippen molar-refractivity contribution in [1.29, 1.82) is 0 Å². The number of nitrogens with one attached hydrogen (secondary N) is 2. The number of halogens is 1. The van der Waals surface area contributed by atoms with Crippen LogP contribution >= 0.6 is 11.6 Å². The first kappa shape index (κ1) is 15.1. The zero-order valence-electron chi connectivity index (χ0n) is 11.5. The number of carbonyl (C=O) groups excluding carboxylic acids is 1. The predicted molar refractivity (Wildman–Crippen MR) is 81.7 cm³/mol. The first-order valence-electron chi connectivity index (χ1n) is 6.34. The molecule has 1 amide bonds. The minimum atomic E-state index is -0.578. The van der Waals surface area contributed by atoms with Crippen molar-refractivity contribution in [3.63, 3.8) is 0 Å². The molecule has 2 aromatic rings. The van der Waals surface area contributed by atoms with Gasteiger partial charge < -0.3 is 10.1 Å². The quantitative estimate of drug-likeness (QED) is 0.888. The van der Waals surface area contributed by atoms with Gasteiger partial charge in [-0.15, -0.1) is 10.2 Å². The molecule has 2 N–H and O–H groups in total. The maximum atomic E-state index is 11.0. The summed E-state index contributed by atoms with van der Waals surface area (Å²) in [5, 5.41) is 14.1. The maximum Gasteiger partial charge on any atom is 0.412 e. The van der Waals surface area contributed by atoms with Gasteiger partial charge in [-0.3, -0.25) is 5.32 Å². The van der Waals surface area contributed by atoms with Crippen LogP contribution in [0, 0.1) is 0 Å². The number of rotatable bonds is 5. The third-order valence-electron chi connectivity index (χ3n) is 2.69. The number of anilines is 2. The predicted octanol–water partition coefficient (Wildman–Crippen LogP) is 2.96. The number of methoxy groups -OCH3 is 1. The molecule has 0 bridgehead atoms. The SMILES string of the molecule is COC(=O)Nc1ccc(NCCc2cccc(Cl)c2)nn1. The summed E-state index contributed by atoms with van der Waals surface area (Å²) in [4.78, 5) is 11.0. The summed E-state index contributed by atoms with van der Waals surface area (Å²) in [6.45, 7) is 0.707. The van der Waals surface area contributed by atoms with Gasteiger partial charge in [0.05, 0.1) is 7.11 Å². The van der Waals surface area contributed by atoms with Crippen molar-refractivity contribution in [2.45, 2.75) is 6.42 Å². The molecule has 0 atom stereocenters. The Morgan fingerprint density at radius 3 is 2.67 bits per heavy atom. The lowest BCUT2D eigenvalue weighted by Crippen LogP contribution is -2.13. The van der Waals surface area contributed by atoms with Crippen LogP contribution in [0.15, 0.2) is 36.4 Å². The van der Waals surface area contributed by atoms with Crippen LogP contribution < -0.4 is 10.6 Å². The number of amides is 1. The van der Waals surface area contributed by atoms with E-state index in [1.165, 1.54) is 7.11 Å². The van der Waals surface area contributed by atoms with Crippen molar-refractivity contribution in [2.24, 2.45) is 0 Å². The molecule has 110 valence electrons. The van der Waals surface area contributed by atoms with Gasteiger partial charge in [-0.05, 0) is 36.2 Å². The summed E-state index contributed by atoms with van der Waals surface area (Å²) in [5.74, 6) is 0.967. The summed E-state index contributed by atoms with van der Waals surface area (Å²) < 4.78 is 4.46. The van der Waals surface area contributed by atoms with Crippen molar-refractivity contribution in [3.05, 3.63) is 47.0 Å². The van der Waals surface area contributed by atoms with Crippen LogP contribution in [0.1, 0.15) is 5.56 Å². The van der Waals surface area contributed by atoms with Gasteiger partial charge >= 0.3 is 6.09 Å². The monoisotopic (exact) mass is 306 g/mol. The molecule has 0 spiro atoms. The van der Waals surface area contributed by atoms with Gasteiger partial charge in [0.25, 0.3) is 0 Å². The zero-order valence-corrected chi connectivity index (χ0v) is 12.2. The van der Waals surface area contributed by atoms with E-state index in [1.807, 2.05) is 24.3 Å². The molecule has 0 aliphatic rings. The van der Waals surface area contributed by atoms with Crippen molar-refractivity contribution < 1.29 is 9.53 Å². The van der Waals surface area contributed by atoms with Crippen molar-refractivity contribution in [3.8, 4) is 0 Å². The van der Waals surface area contributed by atoms with Crippen LogP contribution in [0.25, 0.3) is 0 Å². The van der Waals surface area contributed by atoms with Crippen LogP contribution in [-0.2, 0) is 11.2 Å². The van der Waals surface area contributed by atoms with Gasteiger partial charge in [0, 0.05) is 11.6 Å². The molecule has 0 fully saturated rings. The molecule has 0 unspecified atom stereocenters. The molecule has 0 radical (unpaired) electrons. The van der Waals surface area contributed by atoms with Gasteiger partial charge in [-0.25, -0.2) is 4.79 Å². The highest BCUT2D eigenvalue weighted by Gasteiger charge is 2.02. The highest BCUT2D eigenvalue weighted by Crippen LogP contribution is 2.11. The second-order valence-corrected chi connectivity index (χ2v) is 4.66. The molecule has 2 rings (SSSR count). The minimum Gasteiger partial charge on any atom is -0.453 e. The van der Waals surface area contributed by atoms with Crippen LogP contribution in [0.5, 0.6) is 0 Å². The van der Waals surface area contributed by atoms with E-state index in [0.29, 0.717) is 18.2 Å². The highest BCUT2D eigenvalue weighted by atomic mass is 35.5. The van der Waals surface area contributed by atoms with Crippen molar-refractivity contribution >= 4 is 29.3 Å². The standard InChI is InChI=1S/C14H15ClN4O2/c1-21-14(20)17-13-6-5-12(18-19-13)16-8-7-10-3-2-4-11(15)9-10/h2-6,9H,7-8H2,1H3,(H,16,18)(H,17,19,20). The molecule has 6 nitrogen and oxygen atoms in total. The molecule has 1 heterocycles. The summed E-state index contributed by atoms with van der Waals surface area (Å²) in [5.41, 5.74) is 1.15. The van der Waals surface area contributed by atoms with E-state index >= 15 is 0 Å². The van der Waals surface area contributed by atoms with Crippen LogP contribution in [0.3, 0.4) is 0 Å². The number of nitrogens with zero attached hydrogens (tertiary/aromatic N) is 2. The Labute approximate surface area is 127 Å². The summed E-state index contributed by atoms with van der Waals surface area (Å²) in [6, 6.07) is 11.1. The molecule has 21 heavy (non-hydrogen) atoms. The maximum absolute atomic E-state index is 11.0. The van der Waals surface area contributed by atoms with E-state index in [2.05, 4.69) is 25.6 Å². The number of aromatic nitrogens is 2. The average Bonchev–Trinajstić information content (AvgIpc) is 2.49. The summed E-state index contributed by atoms with van der Waals surface area (Å²) in [6.07, 6.45) is 0.246. The van der Waals surface area contributed by atoms with E-state index in [0.717, 1.165) is 17.0 Å². The Bertz CT molecular complexity index is 604. The van der Waals surface area contributed by atoms with Gasteiger partial charge in [0.2, 0.25) is 0 Å². The third-order valence-corrected chi connectivity index (χ3v) is 2.92. The van der Waals surface area contributed by atoms with Crippen LogP contribution in [0.4, 0.5) is 16.4 Å². The molecular formula is C14H15ClN4O2. The van der Waals surface area contributed by atoms with Gasteiger partial charge in [0.15, 0.2) is 5.82 Å². The molecule has 0 aliphatic heterocycles. The fourth-order valence-corrected chi connectivity index (χ4v) is 1.89. The minimum absolute atomic E-state index is 0.335. The third kappa shape index (κ3) is 4.92. The van der Waals surface area contributed by atoms with Gasteiger partial charge in [-0.2, -0.15) is 0 Å². The van der Waals surface area contributed by atoms with Crippen LogP contribution in [-0.4, -0.2) is 29.9 Å². The fraction of sp³-hybridized carbons (Fsp3) is 0.214. The summed E-state index contributed by atoms with van der Waals surface area (Å²) in [7, 11) is 1.29. The average molecular weight is 307 g/mol. The molecule has 1 aromatic carbocycles. The highest BCUT2D eigenvalue weighted by molar-refractivity contribution is 6.30. The van der Waals surface area contributed by atoms with E-state index < -0.39 is 6.09 Å². The number of hydrogen-bond donors (Lipinski definition) is 2. The first-order chi connectivity index (χ1) is 10.2. The van der Waals surface area contributed by atoms with Crippen molar-refractivity contribution in [1.82, 2.24) is 10.2 Å². The van der Waals surface area contributed by atoms with Gasteiger partial charge in [-0.1, -0.05) is 23.7 Å². The van der Waals surface area contributed by atoms with E-state index in [9.17, 15) is 4.79 Å². The van der Waals surface area contributed by atoms with E-state index in [4.69, 9.17) is 11.6 Å². The Hall–Kier alpha value is -2.34. The fourth-order valence-electron chi connectivity index (χ4n) is 1.68. The topological polar surface area (TPSA) is 76.1 Å². The molecule has 1 aromatic heterocycles. The Morgan fingerprint density at radius 1 is 1.24 bits per heavy atom. The molecule has 0 saturated heterocycles. The van der Waals surface area contributed by atoms with E-state index in [1.54, 1.807) is 12.1 Å².